The van der Waals surface area contributed by atoms with Crippen molar-refractivity contribution in [1.82, 2.24) is 10.3 Å². The summed E-state index contributed by atoms with van der Waals surface area (Å²) >= 11 is 0. The van der Waals surface area contributed by atoms with Crippen LogP contribution in [-0.2, 0) is 0 Å². The van der Waals surface area contributed by atoms with Crippen LogP contribution in [0.25, 0.3) is 10.9 Å². The van der Waals surface area contributed by atoms with Gasteiger partial charge in [-0.25, -0.2) is 0 Å². The van der Waals surface area contributed by atoms with E-state index >= 15 is 0 Å². The Labute approximate surface area is 128 Å². The Hall–Kier alpha value is -1.41. The number of nitrogens with zero attached hydrogens (tertiary/aromatic N) is 1. The van der Waals surface area contributed by atoms with Crippen LogP contribution < -0.4 is 5.32 Å². The van der Waals surface area contributed by atoms with Gasteiger partial charge in [0, 0.05) is 17.6 Å². The van der Waals surface area contributed by atoms with Crippen LogP contribution in [0.15, 0.2) is 36.5 Å². The fourth-order valence-electron chi connectivity index (χ4n) is 3.72. The quantitative estimate of drug-likeness (QED) is 0.881. The number of pyridine rings is 1. The van der Waals surface area contributed by atoms with Crippen molar-refractivity contribution in [2.75, 3.05) is 7.05 Å². The molecule has 1 atom stereocenters. The first-order valence-corrected chi connectivity index (χ1v) is 8.11. The van der Waals surface area contributed by atoms with Gasteiger partial charge in [0.1, 0.15) is 0 Å². The van der Waals surface area contributed by atoms with E-state index in [4.69, 9.17) is 0 Å². The van der Waals surface area contributed by atoms with Gasteiger partial charge in [0.15, 0.2) is 0 Å². The summed E-state index contributed by atoms with van der Waals surface area (Å²) in [4.78, 5) is 4.42. The van der Waals surface area contributed by atoms with Crippen LogP contribution in [0.4, 0.5) is 0 Å². The van der Waals surface area contributed by atoms with Crippen molar-refractivity contribution >= 4 is 10.9 Å². The average Bonchev–Trinajstić information content (AvgIpc) is 2.49. The number of fused-ring (bicyclic) bond motifs is 1. The first-order valence-electron chi connectivity index (χ1n) is 8.11. The lowest BCUT2D eigenvalue weighted by Gasteiger charge is -2.38. The van der Waals surface area contributed by atoms with Crippen molar-refractivity contribution in [3.05, 3.63) is 42.1 Å². The molecule has 21 heavy (non-hydrogen) atoms. The minimum atomic E-state index is 0.464. The first kappa shape index (κ1) is 14.5. The van der Waals surface area contributed by atoms with Gasteiger partial charge in [0.05, 0.1) is 5.52 Å². The summed E-state index contributed by atoms with van der Waals surface area (Å²) in [5, 5.41) is 4.80. The van der Waals surface area contributed by atoms with Gasteiger partial charge in [-0.05, 0) is 67.8 Å². The lowest BCUT2D eigenvalue weighted by atomic mass is 9.70. The Kier molecular flexibility index (Phi) is 3.99. The highest BCUT2D eigenvalue weighted by Gasteiger charge is 2.31. The van der Waals surface area contributed by atoms with Crippen molar-refractivity contribution in [3.8, 4) is 0 Å². The maximum Gasteiger partial charge on any atom is 0.0702 e. The third-order valence-corrected chi connectivity index (χ3v) is 5.15. The molecule has 0 aliphatic heterocycles. The third kappa shape index (κ3) is 3.11. The number of nitrogens with one attached hydrogen (secondary N) is 1. The van der Waals surface area contributed by atoms with Crippen LogP contribution in [0.2, 0.25) is 0 Å². The average molecular weight is 282 g/mol. The second-order valence-corrected chi connectivity index (χ2v) is 7.22. The number of hydrogen-bond donors (Lipinski definition) is 1. The molecule has 0 bridgehead atoms. The molecule has 2 nitrogen and oxygen atoms in total. The molecule has 1 fully saturated rings. The lowest BCUT2D eigenvalue weighted by Crippen LogP contribution is -2.31. The molecule has 1 saturated carbocycles. The molecule has 2 aromatic rings. The molecule has 0 amide bonds. The Morgan fingerprint density at radius 3 is 2.67 bits per heavy atom. The molecule has 1 unspecified atom stereocenters. The zero-order valence-electron chi connectivity index (χ0n) is 13.4. The van der Waals surface area contributed by atoms with Gasteiger partial charge in [0.25, 0.3) is 0 Å². The molecule has 112 valence electrons. The minimum absolute atomic E-state index is 0.464. The monoisotopic (exact) mass is 282 g/mol. The molecule has 0 spiro atoms. The Balaban J connectivity index is 1.84. The van der Waals surface area contributed by atoms with Crippen LogP contribution >= 0.6 is 0 Å². The summed E-state index contributed by atoms with van der Waals surface area (Å²) in [6, 6.07) is 11.3. The Morgan fingerprint density at radius 2 is 1.95 bits per heavy atom. The van der Waals surface area contributed by atoms with E-state index < -0.39 is 0 Å². The molecule has 1 N–H and O–H groups in total. The molecule has 1 aromatic heterocycles. The largest absolute Gasteiger partial charge is 0.313 e. The number of hydrogen-bond acceptors (Lipinski definition) is 2. The molecule has 2 heteroatoms. The van der Waals surface area contributed by atoms with Crippen molar-refractivity contribution in [2.24, 2.45) is 11.3 Å². The third-order valence-electron chi connectivity index (χ3n) is 5.15. The topological polar surface area (TPSA) is 24.9 Å². The van der Waals surface area contributed by atoms with Gasteiger partial charge in [0.2, 0.25) is 0 Å². The lowest BCUT2D eigenvalue weighted by molar-refractivity contribution is 0.164. The second kappa shape index (κ2) is 5.76. The van der Waals surface area contributed by atoms with E-state index in [1.54, 1.807) is 0 Å². The van der Waals surface area contributed by atoms with Crippen LogP contribution in [-0.4, -0.2) is 12.0 Å². The summed E-state index contributed by atoms with van der Waals surface area (Å²) < 4.78 is 0. The Morgan fingerprint density at radius 1 is 1.19 bits per heavy atom. The van der Waals surface area contributed by atoms with E-state index in [9.17, 15) is 0 Å². The summed E-state index contributed by atoms with van der Waals surface area (Å²) in [7, 11) is 2.10. The molecule has 1 aliphatic carbocycles. The van der Waals surface area contributed by atoms with E-state index in [1.807, 2.05) is 12.3 Å². The molecular formula is C19H26N2. The number of benzene rings is 1. The van der Waals surface area contributed by atoms with Gasteiger partial charge < -0.3 is 5.32 Å². The number of rotatable bonds is 3. The molecule has 0 radical (unpaired) electrons. The van der Waals surface area contributed by atoms with E-state index in [0.717, 1.165) is 11.4 Å². The zero-order chi connectivity index (χ0) is 14.9. The normalized spacial score (nSPS) is 20.5. The minimum Gasteiger partial charge on any atom is -0.313 e. The fraction of sp³-hybridized carbons (Fsp3) is 0.526. The fourth-order valence-corrected chi connectivity index (χ4v) is 3.72. The van der Waals surface area contributed by atoms with Crippen molar-refractivity contribution in [1.29, 1.82) is 0 Å². The molecular weight excluding hydrogens is 256 g/mol. The Bertz CT molecular complexity index is 608. The maximum absolute atomic E-state index is 4.42. The SMILES string of the molecule is CNC(c1ccc2ncccc2c1)C1CCC(C)(C)CC1. The summed E-state index contributed by atoms with van der Waals surface area (Å²) in [5.74, 6) is 0.747. The van der Waals surface area contributed by atoms with Crippen LogP contribution in [0.5, 0.6) is 0 Å². The van der Waals surface area contributed by atoms with E-state index in [0.29, 0.717) is 11.5 Å². The highest BCUT2D eigenvalue weighted by Crippen LogP contribution is 2.42. The van der Waals surface area contributed by atoms with Crippen molar-refractivity contribution in [3.63, 3.8) is 0 Å². The van der Waals surface area contributed by atoms with Gasteiger partial charge in [-0.2, -0.15) is 0 Å². The molecule has 1 aromatic carbocycles. The van der Waals surface area contributed by atoms with Gasteiger partial charge in [-0.1, -0.05) is 26.0 Å². The molecule has 1 aliphatic rings. The van der Waals surface area contributed by atoms with Crippen LogP contribution in [0, 0.1) is 11.3 Å². The predicted octanol–water partition coefficient (Wildman–Crippen LogP) is 4.71. The van der Waals surface area contributed by atoms with Crippen molar-refractivity contribution in [2.45, 2.75) is 45.6 Å². The van der Waals surface area contributed by atoms with E-state index in [2.05, 4.69) is 55.5 Å². The molecule has 3 rings (SSSR count). The smallest absolute Gasteiger partial charge is 0.0702 e. The summed E-state index contributed by atoms with van der Waals surface area (Å²) in [5.41, 5.74) is 3.02. The van der Waals surface area contributed by atoms with Crippen LogP contribution in [0.3, 0.4) is 0 Å². The van der Waals surface area contributed by atoms with Crippen LogP contribution in [0.1, 0.15) is 51.1 Å². The zero-order valence-corrected chi connectivity index (χ0v) is 13.4. The summed E-state index contributed by atoms with van der Waals surface area (Å²) in [6.45, 7) is 4.80. The van der Waals surface area contributed by atoms with E-state index in [-0.39, 0.29) is 0 Å². The second-order valence-electron chi connectivity index (χ2n) is 7.22. The van der Waals surface area contributed by atoms with Gasteiger partial charge in [-0.15, -0.1) is 0 Å². The number of aromatic nitrogens is 1. The van der Waals surface area contributed by atoms with Gasteiger partial charge in [-0.3, -0.25) is 4.98 Å². The summed E-state index contributed by atoms with van der Waals surface area (Å²) in [6.07, 6.45) is 7.18. The van der Waals surface area contributed by atoms with E-state index in [1.165, 1.54) is 36.6 Å². The standard InChI is InChI=1S/C19H26N2/c1-19(2)10-8-14(9-11-19)18(20-3)16-6-7-17-15(13-16)5-4-12-21-17/h4-7,12-14,18,20H,8-11H2,1-3H3. The van der Waals surface area contributed by atoms with Gasteiger partial charge >= 0.3 is 0 Å². The maximum atomic E-state index is 4.42. The van der Waals surface area contributed by atoms with Crippen molar-refractivity contribution < 1.29 is 0 Å². The highest BCUT2D eigenvalue weighted by molar-refractivity contribution is 5.79. The predicted molar refractivity (Wildman–Crippen MR) is 89.3 cm³/mol. The highest BCUT2D eigenvalue weighted by atomic mass is 14.9. The molecule has 0 saturated heterocycles. The molecule has 1 heterocycles. The first-order chi connectivity index (χ1) is 10.1.